The van der Waals surface area contributed by atoms with Crippen LogP contribution in [0.4, 0.5) is 0 Å². The molecule has 4 rings (SSSR count). The van der Waals surface area contributed by atoms with Crippen molar-refractivity contribution in [2.45, 2.75) is 11.7 Å². The summed E-state index contributed by atoms with van der Waals surface area (Å²) in [5, 5.41) is 11.3. The number of carbonyl (C=O) groups excluding carboxylic acids is 1. The maximum Gasteiger partial charge on any atom is 0.233 e. The van der Waals surface area contributed by atoms with Crippen molar-refractivity contribution in [3.8, 4) is 10.7 Å². The molecule has 148 valence electrons. The summed E-state index contributed by atoms with van der Waals surface area (Å²) in [6.45, 7) is 4.20. The number of hydrogen-bond donors (Lipinski definition) is 0. The van der Waals surface area contributed by atoms with Crippen molar-refractivity contribution in [3.05, 3.63) is 38.9 Å². The fourth-order valence-electron chi connectivity index (χ4n) is 3.09. The standard InChI is InChI=1S/C18H20ClN5OS3/c1-22-17(14-3-2-10-26-14)20-21-18(22)27-12-16(25)24-8-6-23(7-9-24)11-13-4-5-15(19)28-13/h2-5,10H,6-9,11-12H2,1H3. The molecule has 1 saturated heterocycles. The first-order valence-electron chi connectivity index (χ1n) is 8.90. The van der Waals surface area contributed by atoms with Crippen LogP contribution in [0.3, 0.4) is 0 Å². The molecule has 28 heavy (non-hydrogen) atoms. The molecule has 0 unspecified atom stereocenters. The van der Waals surface area contributed by atoms with Gasteiger partial charge in [0.25, 0.3) is 0 Å². The van der Waals surface area contributed by atoms with Gasteiger partial charge in [0.1, 0.15) is 0 Å². The Morgan fingerprint density at radius 2 is 2.04 bits per heavy atom. The van der Waals surface area contributed by atoms with Crippen LogP contribution in [-0.2, 0) is 18.4 Å². The zero-order valence-corrected chi connectivity index (χ0v) is 18.6. The average molecular weight is 454 g/mol. The van der Waals surface area contributed by atoms with Gasteiger partial charge in [0.2, 0.25) is 5.91 Å². The summed E-state index contributed by atoms with van der Waals surface area (Å²) in [7, 11) is 1.94. The number of carbonyl (C=O) groups is 1. The van der Waals surface area contributed by atoms with Gasteiger partial charge in [-0.25, -0.2) is 0 Å². The van der Waals surface area contributed by atoms with E-state index in [2.05, 4.69) is 21.2 Å². The number of nitrogens with zero attached hydrogens (tertiary/aromatic N) is 5. The first-order valence-corrected chi connectivity index (χ1v) is 12.0. The molecule has 6 nitrogen and oxygen atoms in total. The summed E-state index contributed by atoms with van der Waals surface area (Å²) in [5.74, 6) is 1.38. The van der Waals surface area contributed by atoms with Gasteiger partial charge in [-0.3, -0.25) is 9.69 Å². The molecule has 0 aromatic carbocycles. The number of hydrogen-bond acceptors (Lipinski definition) is 7. The number of piperazine rings is 1. The van der Waals surface area contributed by atoms with Gasteiger partial charge < -0.3 is 9.47 Å². The molecule has 0 atom stereocenters. The van der Waals surface area contributed by atoms with Gasteiger partial charge in [-0.05, 0) is 23.6 Å². The topological polar surface area (TPSA) is 54.3 Å². The maximum absolute atomic E-state index is 12.6. The predicted octanol–water partition coefficient (Wildman–Crippen LogP) is 3.70. The number of halogens is 1. The number of thiophene rings is 2. The van der Waals surface area contributed by atoms with Crippen LogP contribution in [0.2, 0.25) is 4.34 Å². The number of rotatable bonds is 6. The molecule has 0 aliphatic carbocycles. The smallest absolute Gasteiger partial charge is 0.233 e. The number of aromatic nitrogens is 3. The van der Waals surface area contributed by atoms with Crippen molar-refractivity contribution in [1.29, 1.82) is 0 Å². The van der Waals surface area contributed by atoms with Crippen LogP contribution in [0.25, 0.3) is 10.7 Å². The van der Waals surface area contributed by atoms with Crippen molar-refractivity contribution in [2.75, 3.05) is 31.9 Å². The molecule has 0 bridgehead atoms. The Morgan fingerprint density at radius 1 is 1.21 bits per heavy atom. The summed E-state index contributed by atoms with van der Waals surface area (Å²) >= 11 is 10.7. The lowest BCUT2D eigenvalue weighted by molar-refractivity contribution is -0.130. The van der Waals surface area contributed by atoms with Gasteiger partial charge in [0, 0.05) is 44.6 Å². The Morgan fingerprint density at radius 3 is 2.71 bits per heavy atom. The van der Waals surface area contributed by atoms with Crippen LogP contribution >= 0.6 is 46.0 Å². The monoisotopic (exact) mass is 453 g/mol. The van der Waals surface area contributed by atoms with Crippen LogP contribution in [0.1, 0.15) is 4.88 Å². The highest BCUT2D eigenvalue weighted by Crippen LogP contribution is 2.26. The van der Waals surface area contributed by atoms with Crippen molar-refractivity contribution >= 4 is 51.9 Å². The van der Waals surface area contributed by atoms with E-state index in [0.29, 0.717) is 5.75 Å². The molecule has 3 aromatic rings. The van der Waals surface area contributed by atoms with E-state index < -0.39 is 0 Å². The Hall–Kier alpha value is -1.39. The zero-order chi connectivity index (χ0) is 19.5. The summed E-state index contributed by atoms with van der Waals surface area (Å²) in [5.41, 5.74) is 0. The second-order valence-electron chi connectivity index (χ2n) is 6.49. The van der Waals surface area contributed by atoms with Gasteiger partial charge in [0.05, 0.1) is 15.0 Å². The largest absolute Gasteiger partial charge is 0.339 e. The molecular weight excluding hydrogens is 434 g/mol. The zero-order valence-electron chi connectivity index (χ0n) is 15.4. The van der Waals surface area contributed by atoms with Crippen molar-refractivity contribution in [1.82, 2.24) is 24.6 Å². The fraction of sp³-hybridized carbons (Fsp3) is 0.389. The van der Waals surface area contributed by atoms with E-state index in [4.69, 9.17) is 11.6 Å². The molecule has 3 aromatic heterocycles. The number of amides is 1. The Labute approximate surface area is 181 Å². The Kier molecular flexibility index (Phi) is 6.37. The van der Waals surface area contributed by atoms with Gasteiger partial charge in [-0.1, -0.05) is 29.4 Å². The molecule has 0 N–H and O–H groups in total. The molecule has 4 heterocycles. The quantitative estimate of drug-likeness (QED) is 0.533. The summed E-state index contributed by atoms with van der Waals surface area (Å²) in [4.78, 5) is 19.3. The molecule has 0 radical (unpaired) electrons. The molecule has 1 amide bonds. The summed E-state index contributed by atoms with van der Waals surface area (Å²) < 4.78 is 2.78. The minimum absolute atomic E-state index is 0.157. The van der Waals surface area contributed by atoms with E-state index in [9.17, 15) is 4.79 Å². The average Bonchev–Trinajstić information content (AvgIpc) is 3.43. The van der Waals surface area contributed by atoms with Crippen molar-refractivity contribution < 1.29 is 4.79 Å². The fourth-order valence-corrected chi connectivity index (χ4v) is 5.78. The van der Waals surface area contributed by atoms with Crippen molar-refractivity contribution in [3.63, 3.8) is 0 Å². The third-order valence-corrected chi connectivity index (χ3v) is 7.72. The van der Waals surface area contributed by atoms with Crippen LogP contribution in [0.5, 0.6) is 0 Å². The van der Waals surface area contributed by atoms with Crippen LogP contribution in [0, 0.1) is 0 Å². The molecule has 0 saturated carbocycles. The molecule has 10 heteroatoms. The molecule has 1 fully saturated rings. The summed E-state index contributed by atoms with van der Waals surface area (Å²) in [6, 6.07) is 8.04. The van der Waals surface area contributed by atoms with E-state index in [1.54, 1.807) is 22.7 Å². The van der Waals surface area contributed by atoms with E-state index in [1.165, 1.54) is 16.6 Å². The van der Waals surface area contributed by atoms with E-state index in [0.717, 1.165) is 52.9 Å². The third kappa shape index (κ3) is 4.60. The molecule has 0 spiro atoms. The minimum Gasteiger partial charge on any atom is -0.339 e. The second kappa shape index (κ2) is 8.96. The van der Waals surface area contributed by atoms with Gasteiger partial charge in [-0.2, -0.15) is 0 Å². The minimum atomic E-state index is 0.157. The summed E-state index contributed by atoms with van der Waals surface area (Å²) in [6.07, 6.45) is 0. The normalized spacial score (nSPS) is 15.3. The van der Waals surface area contributed by atoms with Crippen molar-refractivity contribution in [2.24, 2.45) is 7.05 Å². The van der Waals surface area contributed by atoms with E-state index in [-0.39, 0.29) is 5.91 Å². The van der Waals surface area contributed by atoms with Gasteiger partial charge >= 0.3 is 0 Å². The first kappa shape index (κ1) is 19.9. The number of thioether (sulfide) groups is 1. The Balaban J connectivity index is 1.26. The first-order chi connectivity index (χ1) is 13.6. The van der Waals surface area contributed by atoms with E-state index >= 15 is 0 Å². The van der Waals surface area contributed by atoms with Crippen LogP contribution in [0.15, 0.2) is 34.8 Å². The highest BCUT2D eigenvalue weighted by Gasteiger charge is 2.22. The molecule has 1 aliphatic rings. The maximum atomic E-state index is 12.6. The lowest BCUT2D eigenvalue weighted by Crippen LogP contribution is -2.48. The van der Waals surface area contributed by atoms with Crippen LogP contribution in [-0.4, -0.2) is 62.4 Å². The van der Waals surface area contributed by atoms with E-state index in [1.807, 2.05) is 40.1 Å². The SMILES string of the molecule is Cn1c(SCC(=O)N2CCN(Cc3ccc(Cl)s3)CC2)nnc1-c1cccs1. The third-order valence-electron chi connectivity index (χ3n) is 4.63. The second-order valence-corrected chi connectivity index (χ2v) is 10.2. The predicted molar refractivity (Wildman–Crippen MR) is 116 cm³/mol. The Bertz CT molecular complexity index is 931. The lowest BCUT2D eigenvalue weighted by Gasteiger charge is -2.34. The van der Waals surface area contributed by atoms with Crippen LogP contribution < -0.4 is 0 Å². The van der Waals surface area contributed by atoms with Gasteiger partial charge in [-0.15, -0.1) is 32.9 Å². The molecular formula is C18H20ClN5OS3. The van der Waals surface area contributed by atoms with Gasteiger partial charge in [0.15, 0.2) is 11.0 Å². The highest BCUT2D eigenvalue weighted by molar-refractivity contribution is 7.99. The lowest BCUT2D eigenvalue weighted by atomic mass is 10.3. The highest BCUT2D eigenvalue weighted by atomic mass is 35.5. The molecule has 1 aliphatic heterocycles.